The van der Waals surface area contributed by atoms with Crippen molar-refractivity contribution in [3.63, 3.8) is 0 Å². The van der Waals surface area contributed by atoms with Crippen LogP contribution >= 0.6 is 0 Å². The summed E-state index contributed by atoms with van der Waals surface area (Å²) in [5.74, 6) is 0. The molecule has 0 fully saturated rings. The molecule has 0 atom stereocenters. The van der Waals surface area contributed by atoms with Crippen molar-refractivity contribution in [2.75, 3.05) is 19.8 Å². The zero-order chi connectivity index (χ0) is 7.33. The minimum Gasteiger partial charge on any atom is -0.854 e. The van der Waals surface area contributed by atoms with E-state index in [9.17, 15) is 5.11 Å². The molecule has 0 aliphatic heterocycles. The Bertz CT molecular complexity index is 55.9. The van der Waals surface area contributed by atoms with Crippen molar-refractivity contribution in [3.8, 4) is 0 Å². The SMILES string of the molecule is CCC(C[O-])(CO)CO.[Na+]. The molecule has 0 rings (SSSR count). The van der Waals surface area contributed by atoms with Crippen LogP contribution in [0, 0.1) is 5.41 Å². The van der Waals surface area contributed by atoms with Crippen molar-refractivity contribution in [3.05, 3.63) is 0 Å². The second kappa shape index (κ2) is 6.58. The molecule has 10 heavy (non-hydrogen) atoms. The summed E-state index contributed by atoms with van der Waals surface area (Å²) in [6, 6.07) is 0. The second-order valence-electron chi connectivity index (χ2n) is 2.31. The normalized spacial score (nSPS) is 10.8. The third kappa shape index (κ3) is 3.32. The Morgan fingerprint density at radius 3 is 1.70 bits per heavy atom. The fraction of sp³-hybridized carbons (Fsp3) is 1.00. The van der Waals surface area contributed by atoms with Crippen molar-refractivity contribution in [2.45, 2.75) is 13.3 Å². The Hall–Kier alpha value is 0.880. The molecule has 0 aromatic heterocycles. The van der Waals surface area contributed by atoms with Gasteiger partial charge in [-0.15, -0.1) is 6.61 Å². The summed E-state index contributed by atoms with van der Waals surface area (Å²) in [4.78, 5) is 0. The quantitative estimate of drug-likeness (QED) is 0.405. The molecule has 0 aliphatic carbocycles. The van der Waals surface area contributed by atoms with Crippen molar-refractivity contribution in [1.29, 1.82) is 0 Å². The van der Waals surface area contributed by atoms with E-state index in [1.807, 2.05) is 0 Å². The van der Waals surface area contributed by atoms with Crippen molar-refractivity contribution >= 4 is 0 Å². The molecule has 0 saturated carbocycles. The first-order chi connectivity index (χ1) is 4.24. The van der Waals surface area contributed by atoms with Crippen molar-refractivity contribution < 1.29 is 44.9 Å². The zero-order valence-electron chi connectivity index (χ0n) is 6.63. The molecule has 0 heterocycles. The molecule has 0 amide bonds. The predicted molar refractivity (Wildman–Crippen MR) is 31.8 cm³/mol. The van der Waals surface area contributed by atoms with Crippen LogP contribution in [-0.2, 0) is 0 Å². The molecule has 4 heteroatoms. The Morgan fingerprint density at radius 1 is 1.30 bits per heavy atom. The van der Waals surface area contributed by atoms with Crippen LogP contribution < -0.4 is 34.7 Å². The van der Waals surface area contributed by atoms with E-state index >= 15 is 0 Å². The molecule has 2 N–H and O–H groups in total. The molecule has 0 saturated heterocycles. The van der Waals surface area contributed by atoms with Crippen LogP contribution in [0.25, 0.3) is 0 Å². The molecule has 56 valence electrons. The van der Waals surface area contributed by atoms with Gasteiger partial charge in [-0.1, -0.05) is 6.92 Å². The summed E-state index contributed by atoms with van der Waals surface area (Å²) in [5.41, 5.74) is -0.778. The van der Waals surface area contributed by atoms with E-state index in [1.165, 1.54) is 0 Å². The van der Waals surface area contributed by atoms with Crippen LogP contribution in [0.4, 0.5) is 0 Å². The number of hydrogen-bond donors (Lipinski definition) is 2. The van der Waals surface area contributed by atoms with Gasteiger partial charge in [0.1, 0.15) is 0 Å². The molecule has 0 spiro atoms. The van der Waals surface area contributed by atoms with Gasteiger partial charge in [-0.2, -0.15) is 0 Å². The number of rotatable bonds is 4. The van der Waals surface area contributed by atoms with Crippen LogP contribution in [0.1, 0.15) is 13.3 Å². The monoisotopic (exact) mass is 156 g/mol. The summed E-state index contributed by atoms with van der Waals surface area (Å²) < 4.78 is 0. The van der Waals surface area contributed by atoms with Crippen molar-refractivity contribution in [2.24, 2.45) is 5.41 Å². The Kier molecular flexibility index (Phi) is 8.86. The van der Waals surface area contributed by atoms with Gasteiger partial charge in [0.15, 0.2) is 0 Å². The summed E-state index contributed by atoms with van der Waals surface area (Å²) in [7, 11) is 0. The van der Waals surface area contributed by atoms with Gasteiger partial charge >= 0.3 is 29.6 Å². The first-order valence-electron chi connectivity index (χ1n) is 3.04. The smallest absolute Gasteiger partial charge is 0.854 e. The molecule has 0 unspecified atom stereocenters. The van der Waals surface area contributed by atoms with Crippen LogP contribution in [0.5, 0.6) is 0 Å². The fourth-order valence-electron chi connectivity index (χ4n) is 0.467. The standard InChI is InChI=1S/C6H13O3.Na/c1-2-6(3-7,4-8)5-9;/h7-8H,2-5H2,1H3;/q-1;+1. The second-order valence-corrected chi connectivity index (χ2v) is 2.31. The van der Waals surface area contributed by atoms with Crippen LogP contribution in [0.15, 0.2) is 0 Å². The Balaban J connectivity index is 0. The van der Waals surface area contributed by atoms with E-state index in [1.54, 1.807) is 6.92 Å². The summed E-state index contributed by atoms with van der Waals surface area (Å²) in [5, 5.41) is 27.6. The molecular weight excluding hydrogens is 143 g/mol. The first-order valence-corrected chi connectivity index (χ1v) is 3.04. The Morgan fingerprint density at radius 2 is 1.70 bits per heavy atom. The Labute approximate surface area is 83.4 Å². The molecule has 0 radical (unpaired) electrons. The van der Waals surface area contributed by atoms with E-state index in [2.05, 4.69) is 0 Å². The molecule has 0 aliphatic rings. The maximum absolute atomic E-state index is 10.3. The number of aliphatic hydroxyl groups is 2. The topological polar surface area (TPSA) is 63.5 Å². The van der Waals surface area contributed by atoms with E-state index in [-0.39, 0.29) is 42.8 Å². The average Bonchev–Trinajstić information content (AvgIpc) is 1.95. The molecule has 0 bridgehead atoms. The van der Waals surface area contributed by atoms with E-state index in [0.717, 1.165) is 0 Å². The largest absolute Gasteiger partial charge is 1.00 e. The first kappa shape index (κ1) is 13.5. The van der Waals surface area contributed by atoms with Crippen LogP contribution in [-0.4, -0.2) is 30.0 Å². The minimum absolute atomic E-state index is 0. The summed E-state index contributed by atoms with van der Waals surface area (Å²) >= 11 is 0. The predicted octanol–water partition coefficient (Wildman–Crippen LogP) is -4.27. The third-order valence-electron chi connectivity index (χ3n) is 1.73. The van der Waals surface area contributed by atoms with Gasteiger partial charge in [0, 0.05) is 18.6 Å². The molecule has 3 nitrogen and oxygen atoms in total. The van der Waals surface area contributed by atoms with Gasteiger partial charge in [0.05, 0.1) is 0 Å². The summed E-state index contributed by atoms with van der Waals surface area (Å²) in [6.45, 7) is 0.938. The minimum atomic E-state index is -0.778. The van der Waals surface area contributed by atoms with Gasteiger partial charge < -0.3 is 15.3 Å². The molecule has 0 aromatic carbocycles. The van der Waals surface area contributed by atoms with Gasteiger partial charge in [-0.3, -0.25) is 0 Å². The van der Waals surface area contributed by atoms with E-state index in [0.29, 0.717) is 6.42 Å². The van der Waals surface area contributed by atoms with Crippen LogP contribution in [0.3, 0.4) is 0 Å². The number of hydrogen-bond acceptors (Lipinski definition) is 3. The maximum Gasteiger partial charge on any atom is 1.00 e. The van der Waals surface area contributed by atoms with E-state index in [4.69, 9.17) is 10.2 Å². The zero-order valence-corrected chi connectivity index (χ0v) is 8.63. The fourth-order valence-corrected chi connectivity index (χ4v) is 0.467. The van der Waals surface area contributed by atoms with Gasteiger partial charge in [-0.05, 0) is 6.42 Å². The van der Waals surface area contributed by atoms with Gasteiger partial charge in [0.25, 0.3) is 0 Å². The third-order valence-corrected chi connectivity index (χ3v) is 1.73. The number of aliphatic hydroxyl groups excluding tert-OH is 2. The van der Waals surface area contributed by atoms with Crippen molar-refractivity contribution in [1.82, 2.24) is 0 Å². The molecular formula is C6H13NaO3. The summed E-state index contributed by atoms with van der Waals surface area (Å²) in [6.07, 6.45) is 0.531. The van der Waals surface area contributed by atoms with E-state index < -0.39 is 12.0 Å². The average molecular weight is 156 g/mol. The van der Waals surface area contributed by atoms with Gasteiger partial charge in [-0.25, -0.2) is 0 Å². The maximum atomic E-state index is 10.3. The van der Waals surface area contributed by atoms with Gasteiger partial charge in [0.2, 0.25) is 0 Å². The molecule has 0 aromatic rings. The van der Waals surface area contributed by atoms with Crippen LogP contribution in [0.2, 0.25) is 0 Å².